The van der Waals surface area contributed by atoms with Crippen molar-refractivity contribution in [2.24, 2.45) is 4.99 Å². The van der Waals surface area contributed by atoms with Crippen LogP contribution in [-0.4, -0.2) is 24.4 Å². The third-order valence-electron chi connectivity index (χ3n) is 4.01. The molecule has 0 aromatic heterocycles. The van der Waals surface area contributed by atoms with Crippen LogP contribution in [-0.2, 0) is 6.61 Å². The van der Waals surface area contributed by atoms with E-state index in [0.717, 1.165) is 20.4 Å². The number of hydrogen-bond donors (Lipinski definition) is 1. The van der Waals surface area contributed by atoms with Crippen LogP contribution >= 0.6 is 22.6 Å². The smallest absolute Gasteiger partial charge is 0.335 e. The minimum absolute atomic E-state index is 0.242. The van der Waals surface area contributed by atoms with Gasteiger partial charge in [-0.1, -0.05) is 30.3 Å². The first-order valence-electron chi connectivity index (χ1n) is 8.49. The fourth-order valence-electron chi connectivity index (χ4n) is 2.54. The van der Waals surface area contributed by atoms with Crippen molar-refractivity contribution in [2.75, 3.05) is 7.11 Å². The number of carboxylic acids is 1. The second-order valence-corrected chi connectivity index (χ2v) is 7.04. The lowest BCUT2D eigenvalue weighted by molar-refractivity contribution is 0.0697. The Morgan fingerprint density at radius 1 is 1.07 bits per heavy atom. The van der Waals surface area contributed by atoms with Gasteiger partial charge in [-0.15, -0.1) is 0 Å². The van der Waals surface area contributed by atoms with Gasteiger partial charge in [0, 0.05) is 15.3 Å². The molecule has 0 aliphatic heterocycles. The number of aliphatic imine (C=N–C) groups is 1. The minimum Gasteiger partial charge on any atom is -0.493 e. The van der Waals surface area contributed by atoms with Crippen LogP contribution in [0.4, 0.5) is 5.69 Å². The Morgan fingerprint density at radius 2 is 1.82 bits per heavy atom. The van der Waals surface area contributed by atoms with Crippen LogP contribution < -0.4 is 9.47 Å². The fourth-order valence-corrected chi connectivity index (χ4v) is 3.07. The Bertz CT molecular complexity index is 1000. The third-order valence-corrected chi connectivity index (χ3v) is 4.92. The average molecular weight is 487 g/mol. The highest BCUT2D eigenvalue weighted by Gasteiger charge is 2.10. The van der Waals surface area contributed by atoms with E-state index in [1.165, 1.54) is 0 Å². The lowest BCUT2D eigenvalue weighted by Gasteiger charge is -2.13. The molecule has 0 saturated heterocycles. The van der Waals surface area contributed by atoms with E-state index in [0.29, 0.717) is 11.5 Å². The van der Waals surface area contributed by atoms with Crippen molar-refractivity contribution < 1.29 is 19.4 Å². The van der Waals surface area contributed by atoms with Gasteiger partial charge >= 0.3 is 5.97 Å². The highest BCUT2D eigenvalue weighted by Crippen LogP contribution is 2.31. The molecule has 3 aromatic rings. The van der Waals surface area contributed by atoms with Crippen LogP contribution in [0.1, 0.15) is 21.5 Å². The van der Waals surface area contributed by atoms with Gasteiger partial charge in [0.05, 0.1) is 18.4 Å². The number of benzene rings is 3. The van der Waals surface area contributed by atoms with E-state index in [1.54, 1.807) is 37.6 Å². The molecule has 3 rings (SSSR count). The van der Waals surface area contributed by atoms with Crippen LogP contribution in [0.5, 0.6) is 11.5 Å². The molecule has 6 heteroatoms. The van der Waals surface area contributed by atoms with E-state index in [4.69, 9.17) is 14.6 Å². The van der Waals surface area contributed by atoms with Gasteiger partial charge in [-0.2, -0.15) is 0 Å². The van der Waals surface area contributed by atoms with E-state index in [-0.39, 0.29) is 12.2 Å². The zero-order chi connectivity index (χ0) is 19.9. The summed E-state index contributed by atoms with van der Waals surface area (Å²) in [7, 11) is 1.59. The largest absolute Gasteiger partial charge is 0.493 e. The summed E-state index contributed by atoms with van der Waals surface area (Å²) in [5, 5.41) is 9.00. The highest BCUT2D eigenvalue weighted by molar-refractivity contribution is 14.1. The van der Waals surface area contributed by atoms with Crippen LogP contribution in [0.3, 0.4) is 0 Å². The number of halogens is 1. The van der Waals surface area contributed by atoms with Crippen molar-refractivity contribution in [2.45, 2.75) is 6.61 Å². The van der Waals surface area contributed by atoms with E-state index >= 15 is 0 Å². The van der Waals surface area contributed by atoms with Crippen LogP contribution in [0.25, 0.3) is 0 Å². The highest BCUT2D eigenvalue weighted by atomic mass is 127. The van der Waals surface area contributed by atoms with Crippen molar-refractivity contribution in [3.63, 3.8) is 0 Å². The molecule has 142 valence electrons. The quantitative estimate of drug-likeness (QED) is 0.362. The van der Waals surface area contributed by atoms with Gasteiger partial charge in [0.25, 0.3) is 0 Å². The summed E-state index contributed by atoms with van der Waals surface area (Å²) in [6.45, 7) is 0.282. The number of aromatic carboxylic acids is 1. The molecular weight excluding hydrogens is 469 g/mol. The number of nitrogens with zero attached hydrogens (tertiary/aromatic N) is 1. The van der Waals surface area contributed by atoms with E-state index in [9.17, 15) is 4.79 Å². The Balaban J connectivity index is 1.83. The maximum absolute atomic E-state index is 11.0. The summed E-state index contributed by atoms with van der Waals surface area (Å²) < 4.78 is 12.5. The third kappa shape index (κ3) is 4.89. The minimum atomic E-state index is -0.953. The van der Waals surface area contributed by atoms with E-state index in [1.807, 2.05) is 42.5 Å². The van der Waals surface area contributed by atoms with Gasteiger partial charge in [-0.05, 0) is 64.6 Å². The number of hydrogen-bond acceptors (Lipinski definition) is 4. The van der Waals surface area contributed by atoms with Crippen molar-refractivity contribution >= 4 is 40.5 Å². The van der Waals surface area contributed by atoms with Crippen molar-refractivity contribution in [3.8, 4) is 11.5 Å². The molecule has 0 atom stereocenters. The summed E-state index contributed by atoms with van der Waals surface area (Å²) in [5.74, 6) is 0.238. The predicted molar refractivity (Wildman–Crippen MR) is 117 cm³/mol. The Morgan fingerprint density at radius 3 is 2.50 bits per heavy atom. The summed E-state index contributed by atoms with van der Waals surface area (Å²) in [4.78, 5) is 15.5. The van der Waals surface area contributed by atoms with Gasteiger partial charge in [0.2, 0.25) is 0 Å². The van der Waals surface area contributed by atoms with Gasteiger partial charge in [0.15, 0.2) is 11.5 Å². The summed E-state index contributed by atoms with van der Waals surface area (Å²) in [6, 6.07) is 20.1. The second kappa shape index (κ2) is 9.36. The Kier molecular flexibility index (Phi) is 6.65. The molecule has 0 spiro atoms. The van der Waals surface area contributed by atoms with E-state index in [2.05, 4.69) is 27.6 Å². The first kappa shape index (κ1) is 19.9. The molecule has 0 heterocycles. The van der Waals surface area contributed by atoms with E-state index < -0.39 is 5.97 Å². The molecule has 5 nitrogen and oxygen atoms in total. The van der Waals surface area contributed by atoms with Gasteiger partial charge in [-0.3, -0.25) is 4.99 Å². The number of rotatable bonds is 7. The van der Waals surface area contributed by atoms with Crippen molar-refractivity contribution in [1.82, 2.24) is 0 Å². The monoisotopic (exact) mass is 487 g/mol. The molecule has 0 unspecified atom stereocenters. The lowest BCUT2D eigenvalue weighted by Crippen LogP contribution is -2.02. The maximum atomic E-state index is 11.0. The van der Waals surface area contributed by atoms with Crippen LogP contribution in [0, 0.1) is 3.57 Å². The number of carboxylic acid groups (broad SMARTS) is 1. The lowest BCUT2D eigenvalue weighted by atomic mass is 10.1. The molecule has 0 bridgehead atoms. The number of ether oxygens (including phenoxy) is 2. The normalized spacial score (nSPS) is 10.8. The molecule has 0 aliphatic carbocycles. The zero-order valence-electron chi connectivity index (χ0n) is 15.1. The van der Waals surface area contributed by atoms with Crippen LogP contribution in [0.2, 0.25) is 0 Å². The molecule has 0 saturated carbocycles. The molecule has 0 fully saturated rings. The molecular formula is C22H18INO4. The fraction of sp³-hybridized carbons (Fsp3) is 0.0909. The number of carbonyl (C=O) groups is 1. The molecule has 0 aliphatic rings. The standard InChI is InChI=1S/C22H18INO4/c1-27-20-8-4-5-17(13-24-19-7-3-2-6-18(19)23)21(20)28-14-15-9-11-16(12-10-15)22(25)26/h2-13H,14H2,1H3,(H,25,26). The zero-order valence-corrected chi connectivity index (χ0v) is 17.3. The predicted octanol–water partition coefficient (Wildman–Crippen LogP) is 5.33. The second-order valence-electron chi connectivity index (χ2n) is 5.88. The summed E-state index contributed by atoms with van der Waals surface area (Å²) in [6.07, 6.45) is 1.75. The first-order valence-corrected chi connectivity index (χ1v) is 9.57. The van der Waals surface area contributed by atoms with Crippen molar-refractivity contribution in [3.05, 3.63) is 87.0 Å². The first-order chi connectivity index (χ1) is 13.6. The van der Waals surface area contributed by atoms with Crippen molar-refractivity contribution in [1.29, 1.82) is 0 Å². The average Bonchev–Trinajstić information content (AvgIpc) is 2.72. The Labute approximate surface area is 176 Å². The Hall–Kier alpha value is -2.87. The molecule has 0 radical (unpaired) electrons. The van der Waals surface area contributed by atoms with Gasteiger partial charge < -0.3 is 14.6 Å². The van der Waals surface area contributed by atoms with Crippen LogP contribution in [0.15, 0.2) is 71.7 Å². The van der Waals surface area contributed by atoms with Gasteiger partial charge in [0.1, 0.15) is 6.61 Å². The molecule has 0 amide bonds. The molecule has 28 heavy (non-hydrogen) atoms. The molecule has 3 aromatic carbocycles. The summed E-state index contributed by atoms with van der Waals surface area (Å²) >= 11 is 2.25. The van der Waals surface area contributed by atoms with Gasteiger partial charge in [-0.25, -0.2) is 4.79 Å². The molecule has 1 N–H and O–H groups in total. The number of para-hydroxylation sites is 2. The maximum Gasteiger partial charge on any atom is 0.335 e. The SMILES string of the molecule is COc1cccc(C=Nc2ccccc2I)c1OCc1ccc(C(=O)O)cc1. The summed E-state index contributed by atoms with van der Waals surface area (Å²) in [5.41, 5.74) is 2.77. The number of methoxy groups -OCH3 is 1. The topological polar surface area (TPSA) is 68.1 Å².